The van der Waals surface area contributed by atoms with Crippen LogP contribution >= 0.6 is 0 Å². The van der Waals surface area contributed by atoms with Crippen LogP contribution in [0.1, 0.15) is 42.7 Å². The molecule has 0 aromatic heterocycles. The van der Waals surface area contributed by atoms with Crippen LogP contribution in [-0.2, 0) is 20.7 Å². The number of ether oxygens (including phenoxy) is 1. The third kappa shape index (κ3) is 5.67. The van der Waals surface area contributed by atoms with Gasteiger partial charge in [0.1, 0.15) is 0 Å². The summed E-state index contributed by atoms with van der Waals surface area (Å²) in [6, 6.07) is 20.1. The molecule has 1 amide bonds. The first-order chi connectivity index (χ1) is 13.6. The largest absolute Gasteiger partial charge is 0.481 e. The molecule has 1 saturated heterocycles. The molecule has 1 unspecified atom stereocenters. The molecule has 148 valence electrons. The number of carbonyl (C=O) groups is 2. The van der Waals surface area contributed by atoms with Crippen molar-refractivity contribution in [1.29, 1.82) is 0 Å². The lowest BCUT2D eigenvalue weighted by Gasteiger charge is -2.37. The van der Waals surface area contributed by atoms with E-state index in [1.807, 2.05) is 48.5 Å². The van der Waals surface area contributed by atoms with Gasteiger partial charge in [-0.3, -0.25) is 9.59 Å². The van der Waals surface area contributed by atoms with Gasteiger partial charge in [-0.25, -0.2) is 0 Å². The Morgan fingerprint density at radius 2 is 1.61 bits per heavy atom. The van der Waals surface area contributed by atoms with Crippen molar-refractivity contribution in [2.75, 3.05) is 13.2 Å². The van der Waals surface area contributed by atoms with Crippen LogP contribution in [0.25, 0.3) is 0 Å². The number of benzene rings is 2. The molecular formula is C23H27NO4. The Hall–Kier alpha value is -2.66. The third-order valence-corrected chi connectivity index (χ3v) is 5.37. The van der Waals surface area contributed by atoms with Gasteiger partial charge in [0.2, 0.25) is 5.91 Å². The van der Waals surface area contributed by atoms with Crippen molar-refractivity contribution in [3.05, 3.63) is 71.8 Å². The Kier molecular flexibility index (Phi) is 6.82. The molecule has 0 saturated carbocycles. The van der Waals surface area contributed by atoms with Crippen molar-refractivity contribution < 1.29 is 19.4 Å². The highest BCUT2D eigenvalue weighted by molar-refractivity contribution is 5.79. The van der Waals surface area contributed by atoms with Gasteiger partial charge >= 0.3 is 5.97 Å². The minimum atomic E-state index is -0.897. The van der Waals surface area contributed by atoms with Gasteiger partial charge in [0.25, 0.3) is 0 Å². The second kappa shape index (κ2) is 9.51. The molecule has 0 aliphatic carbocycles. The number of carboxylic acid groups (broad SMARTS) is 1. The smallest absolute Gasteiger partial charge is 0.305 e. The standard InChI is InChI=1S/C23H27NO4/c25-21(24-23(17-22(26)27)11-13-28-14-12-23)16-20(19-9-5-2-6-10-19)15-18-7-3-1-4-8-18/h1-10,20H,11-17H2,(H,24,25)(H,26,27). The summed E-state index contributed by atoms with van der Waals surface area (Å²) in [4.78, 5) is 24.3. The quantitative estimate of drug-likeness (QED) is 0.733. The molecule has 3 rings (SSSR count). The molecule has 1 heterocycles. The number of carboxylic acids is 1. The maximum Gasteiger partial charge on any atom is 0.305 e. The number of carbonyl (C=O) groups excluding carboxylic acids is 1. The molecule has 0 bridgehead atoms. The Balaban J connectivity index is 1.73. The van der Waals surface area contributed by atoms with Crippen LogP contribution in [0.4, 0.5) is 0 Å². The first kappa shape index (κ1) is 20.1. The van der Waals surface area contributed by atoms with E-state index in [4.69, 9.17) is 4.74 Å². The Morgan fingerprint density at radius 1 is 1.00 bits per heavy atom. The summed E-state index contributed by atoms with van der Waals surface area (Å²) < 4.78 is 5.37. The first-order valence-corrected chi connectivity index (χ1v) is 9.76. The fourth-order valence-electron chi connectivity index (χ4n) is 3.90. The number of rotatable bonds is 8. The van der Waals surface area contributed by atoms with Crippen LogP contribution in [0.2, 0.25) is 0 Å². The van der Waals surface area contributed by atoms with Crippen LogP contribution in [0, 0.1) is 0 Å². The second-order valence-corrected chi connectivity index (χ2v) is 7.51. The molecule has 0 radical (unpaired) electrons. The lowest BCUT2D eigenvalue weighted by Crippen LogP contribution is -2.53. The maximum atomic E-state index is 12.9. The number of nitrogens with one attached hydrogen (secondary N) is 1. The summed E-state index contributed by atoms with van der Waals surface area (Å²) in [6.07, 6.45) is 2.06. The lowest BCUT2D eigenvalue weighted by atomic mass is 9.85. The topological polar surface area (TPSA) is 75.6 Å². The molecule has 1 aliphatic heterocycles. The van der Waals surface area contributed by atoms with Gasteiger partial charge < -0.3 is 15.2 Å². The molecule has 5 heteroatoms. The van der Waals surface area contributed by atoms with Crippen LogP contribution in [0.3, 0.4) is 0 Å². The van der Waals surface area contributed by atoms with Crippen LogP contribution in [0.5, 0.6) is 0 Å². The van der Waals surface area contributed by atoms with E-state index in [-0.39, 0.29) is 18.2 Å². The van der Waals surface area contributed by atoms with E-state index in [2.05, 4.69) is 17.4 Å². The fourth-order valence-corrected chi connectivity index (χ4v) is 3.90. The monoisotopic (exact) mass is 381 g/mol. The van der Waals surface area contributed by atoms with Crippen molar-refractivity contribution in [3.63, 3.8) is 0 Å². The van der Waals surface area contributed by atoms with E-state index in [1.165, 1.54) is 5.56 Å². The maximum absolute atomic E-state index is 12.9. The zero-order chi connectivity index (χ0) is 19.8. The van der Waals surface area contributed by atoms with Crippen molar-refractivity contribution >= 4 is 11.9 Å². The highest BCUT2D eigenvalue weighted by atomic mass is 16.5. The summed E-state index contributed by atoms with van der Waals surface area (Å²) in [5, 5.41) is 12.4. The Labute approximate surface area is 165 Å². The van der Waals surface area contributed by atoms with Gasteiger partial charge in [-0.1, -0.05) is 60.7 Å². The van der Waals surface area contributed by atoms with Crippen LogP contribution in [-0.4, -0.2) is 35.7 Å². The SMILES string of the molecule is O=C(O)CC1(NC(=O)CC(Cc2ccccc2)c2ccccc2)CCOCC1. The van der Waals surface area contributed by atoms with Crippen LogP contribution < -0.4 is 5.32 Å². The molecule has 2 aromatic carbocycles. The third-order valence-electron chi connectivity index (χ3n) is 5.37. The predicted octanol–water partition coefficient (Wildman–Crippen LogP) is 3.54. The summed E-state index contributed by atoms with van der Waals surface area (Å²) in [5.74, 6) is -0.968. The Bertz CT molecular complexity index is 770. The lowest BCUT2D eigenvalue weighted by molar-refractivity contribution is -0.140. The van der Waals surface area contributed by atoms with E-state index in [0.29, 0.717) is 32.5 Å². The Morgan fingerprint density at radius 3 is 2.21 bits per heavy atom. The van der Waals surface area contributed by atoms with Gasteiger partial charge in [-0.05, 0) is 36.3 Å². The number of amides is 1. The average molecular weight is 381 g/mol. The molecule has 1 fully saturated rings. The second-order valence-electron chi connectivity index (χ2n) is 7.51. The average Bonchev–Trinajstić information content (AvgIpc) is 2.69. The van der Waals surface area contributed by atoms with Gasteiger partial charge in [-0.15, -0.1) is 0 Å². The first-order valence-electron chi connectivity index (χ1n) is 9.76. The van der Waals surface area contributed by atoms with Gasteiger partial charge in [0.15, 0.2) is 0 Å². The molecule has 1 atom stereocenters. The van der Waals surface area contributed by atoms with E-state index < -0.39 is 11.5 Å². The zero-order valence-electron chi connectivity index (χ0n) is 16.0. The van der Waals surface area contributed by atoms with Gasteiger partial charge in [-0.2, -0.15) is 0 Å². The minimum Gasteiger partial charge on any atom is -0.481 e. The van der Waals surface area contributed by atoms with Crippen LogP contribution in [0.15, 0.2) is 60.7 Å². The molecule has 1 aliphatic rings. The van der Waals surface area contributed by atoms with Gasteiger partial charge in [0, 0.05) is 19.6 Å². The molecule has 28 heavy (non-hydrogen) atoms. The number of hydrogen-bond donors (Lipinski definition) is 2. The number of aliphatic carboxylic acids is 1. The summed E-state index contributed by atoms with van der Waals surface area (Å²) >= 11 is 0. The van der Waals surface area contributed by atoms with E-state index in [1.54, 1.807) is 0 Å². The van der Waals surface area contributed by atoms with E-state index >= 15 is 0 Å². The highest BCUT2D eigenvalue weighted by Gasteiger charge is 2.36. The molecular weight excluding hydrogens is 354 g/mol. The molecule has 2 N–H and O–H groups in total. The summed E-state index contributed by atoms with van der Waals surface area (Å²) in [7, 11) is 0. The molecule has 0 spiro atoms. The summed E-state index contributed by atoms with van der Waals surface area (Å²) in [5.41, 5.74) is 1.58. The minimum absolute atomic E-state index is 0.0327. The zero-order valence-corrected chi connectivity index (χ0v) is 16.0. The van der Waals surface area contributed by atoms with Crippen molar-refractivity contribution in [2.45, 2.75) is 43.6 Å². The summed E-state index contributed by atoms with van der Waals surface area (Å²) in [6.45, 7) is 0.944. The number of hydrogen-bond acceptors (Lipinski definition) is 3. The van der Waals surface area contributed by atoms with Crippen molar-refractivity contribution in [2.24, 2.45) is 0 Å². The fraction of sp³-hybridized carbons (Fsp3) is 0.391. The van der Waals surface area contributed by atoms with Crippen molar-refractivity contribution in [3.8, 4) is 0 Å². The van der Waals surface area contributed by atoms with Crippen molar-refractivity contribution in [1.82, 2.24) is 5.32 Å². The highest BCUT2D eigenvalue weighted by Crippen LogP contribution is 2.28. The van der Waals surface area contributed by atoms with E-state index in [9.17, 15) is 14.7 Å². The molecule has 5 nitrogen and oxygen atoms in total. The van der Waals surface area contributed by atoms with Gasteiger partial charge in [0.05, 0.1) is 12.0 Å². The molecule has 2 aromatic rings. The van der Waals surface area contributed by atoms with E-state index in [0.717, 1.165) is 12.0 Å². The predicted molar refractivity (Wildman–Crippen MR) is 107 cm³/mol. The normalized spacial score (nSPS) is 16.9.